The van der Waals surface area contributed by atoms with Gasteiger partial charge in [0.1, 0.15) is 13.2 Å². The second-order valence-electron chi connectivity index (χ2n) is 7.60. The van der Waals surface area contributed by atoms with Crippen molar-refractivity contribution in [3.63, 3.8) is 0 Å². The molecule has 0 radical (unpaired) electrons. The number of fused-ring (bicyclic) bond motifs is 1. The van der Waals surface area contributed by atoms with Gasteiger partial charge in [0.25, 0.3) is 15.9 Å². The van der Waals surface area contributed by atoms with Crippen LogP contribution in [0.3, 0.4) is 0 Å². The molecule has 12 heteroatoms. The summed E-state index contributed by atoms with van der Waals surface area (Å²) in [5.41, 5.74) is 1.44. The Morgan fingerprint density at radius 1 is 0.971 bits per heavy atom. The van der Waals surface area contributed by atoms with Gasteiger partial charge in [-0.25, -0.2) is 8.42 Å². The number of aromatic nitrogens is 4. The van der Waals surface area contributed by atoms with E-state index in [0.717, 1.165) is 0 Å². The first kappa shape index (κ1) is 22.3. The van der Waals surface area contributed by atoms with Crippen LogP contribution in [-0.4, -0.2) is 47.7 Å². The van der Waals surface area contributed by atoms with Gasteiger partial charge in [-0.15, -0.1) is 5.10 Å². The predicted octanol–water partition coefficient (Wildman–Crippen LogP) is 2.80. The van der Waals surface area contributed by atoms with E-state index >= 15 is 0 Å². The lowest BCUT2D eigenvalue weighted by atomic mass is 10.1. The fourth-order valence-electron chi connectivity index (χ4n) is 3.55. The number of carbonyl (C=O) groups excluding carboxylic acids is 1. The number of carbonyl (C=O) groups is 1. The molecule has 2 N–H and O–H groups in total. The van der Waals surface area contributed by atoms with E-state index in [1.54, 1.807) is 49.4 Å². The molecule has 5 rings (SSSR count). The molecule has 3 aromatic carbocycles. The number of nitrogens with one attached hydrogen (secondary N) is 2. The van der Waals surface area contributed by atoms with Crippen LogP contribution in [-0.2, 0) is 10.0 Å². The van der Waals surface area contributed by atoms with E-state index < -0.39 is 15.9 Å². The normalized spacial score (nSPS) is 12.7. The van der Waals surface area contributed by atoms with Gasteiger partial charge in [-0.1, -0.05) is 18.2 Å². The minimum absolute atomic E-state index is 0.0125. The Balaban J connectivity index is 1.39. The number of nitrogens with zero attached hydrogens (tertiary/aromatic N) is 4. The van der Waals surface area contributed by atoms with E-state index in [1.807, 2.05) is 0 Å². The van der Waals surface area contributed by atoms with Crippen LogP contribution < -0.4 is 19.5 Å². The number of amides is 1. The summed E-state index contributed by atoms with van der Waals surface area (Å²) in [6.45, 7) is 2.49. The summed E-state index contributed by atoms with van der Waals surface area (Å²) in [7, 11) is -4.01. The average molecular weight is 493 g/mol. The van der Waals surface area contributed by atoms with E-state index in [2.05, 4.69) is 25.6 Å². The molecule has 1 aliphatic rings. The predicted molar refractivity (Wildman–Crippen MR) is 127 cm³/mol. The molecule has 0 atom stereocenters. The Morgan fingerprint density at radius 3 is 2.57 bits per heavy atom. The topological polar surface area (TPSA) is 137 Å². The third-order valence-electron chi connectivity index (χ3n) is 5.21. The van der Waals surface area contributed by atoms with Crippen LogP contribution in [0.15, 0.2) is 71.6 Å². The molecule has 0 fully saturated rings. The van der Waals surface area contributed by atoms with Gasteiger partial charge in [0.05, 0.1) is 21.8 Å². The minimum Gasteiger partial charge on any atom is -0.486 e. The molecule has 0 aliphatic carbocycles. The van der Waals surface area contributed by atoms with Crippen LogP contribution in [0.2, 0.25) is 0 Å². The van der Waals surface area contributed by atoms with Gasteiger partial charge in [0.2, 0.25) is 0 Å². The van der Waals surface area contributed by atoms with Crippen LogP contribution in [0.1, 0.15) is 16.2 Å². The Labute approximate surface area is 200 Å². The number of hydrogen-bond donors (Lipinski definition) is 2. The first-order valence-corrected chi connectivity index (χ1v) is 12.1. The summed E-state index contributed by atoms with van der Waals surface area (Å²) in [6.07, 6.45) is 0. The number of rotatable bonds is 6. The lowest BCUT2D eigenvalue weighted by molar-refractivity contribution is 0.102. The number of sulfonamides is 1. The summed E-state index contributed by atoms with van der Waals surface area (Å²) < 4.78 is 41.1. The molecule has 1 aromatic heterocycles. The van der Waals surface area contributed by atoms with Crippen molar-refractivity contribution in [3.8, 4) is 17.2 Å². The molecule has 4 aromatic rings. The summed E-state index contributed by atoms with van der Waals surface area (Å²) in [6, 6.07) is 17.7. The first-order chi connectivity index (χ1) is 16.9. The van der Waals surface area contributed by atoms with Crippen molar-refractivity contribution in [2.45, 2.75) is 11.8 Å². The number of anilines is 2. The second kappa shape index (κ2) is 9.06. The maximum Gasteiger partial charge on any atom is 0.262 e. The molecule has 0 spiro atoms. The Kier molecular flexibility index (Phi) is 5.79. The lowest BCUT2D eigenvalue weighted by Crippen LogP contribution is -2.19. The summed E-state index contributed by atoms with van der Waals surface area (Å²) >= 11 is 0. The zero-order valence-corrected chi connectivity index (χ0v) is 19.3. The van der Waals surface area contributed by atoms with Crippen molar-refractivity contribution >= 4 is 27.3 Å². The highest BCUT2D eigenvalue weighted by Crippen LogP contribution is 2.33. The Bertz CT molecular complexity index is 1520. The molecule has 2 heterocycles. The van der Waals surface area contributed by atoms with Gasteiger partial charge in [0, 0.05) is 11.8 Å². The maximum atomic E-state index is 13.1. The van der Waals surface area contributed by atoms with E-state index in [-0.39, 0.29) is 16.1 Å². The summed E-state index contributed by atoms with van der Waals surface area (Å²) in [5.74, 6) is 0.931. The van der Waals surface area contributed by atoms with Gasteiger partial charge in [-0.05, 0) is 59.8 Å². The molecular formula is C23H20N6O5S. The SMILES string of the molecule is Cc1nnnn1-c1cccc(NC(=O)c2ccccc2NS(=O)(=O)c2ccc3c(c2)OCCO3)c1. The van der Waals surface area contributed by atoms with Crippen molar-refractivity contribution in [3.05, 3.63) is 78.1 Å². The Hall–Kier alpha value is -4.45. The third kappa shape index (κ3) is 4.64. The monoisotopic (exact) mass is 492 g/mol. The van der Waals surface area contributed by atoms with Gasteiger partial charge in [-0.3, -0.25) is 9.52 Å². The van der Waals surface area contributed by atoms with E-state index in [4.69, 9.17) is 9.47 Å². The molecule has 11 nitrogen and oxygen atoms in total. The minimum atomic E-state index is -4.01. The third-order valence-corrected chi connectivity index (χ3v) is 6.58. The molecule has 0 saturated heterocycles. The van der Waals surface area contributed by atoms with Crippen LogP contribution in [0.4, 0.5) is 11.4 Å². The number of benzene rings is 3. The fourth-order valence-corrected chi connectivity index (χ4v) is 4.64. The van der Waals surface area contributed by atoms with Crippen LogP contribution in [0, 0.1) is 6.92 Å². The average Bonchev–Trinajstić information content (AvgIpc) is 3.30. The van der Waals surface area contributed by atoms with Crippen molar-refractivity contribution in [1.82, 2.24) is 20.2 Å². The van der Waals surface area contributed by atoms with Crippen LogP contribution in [0.25, 0.3) is 5.69 Å². The first-order valence-electron chi connectivity index (χ1n) is 10.6. The summed E-state index contributed by atoms with van der Waals surface area (Å²) in [5, 5.41) is 14.2. The van der Waals surface area contributed by atoms with Gasteiger partial charge in [0.15, 0.2) is 17.3 Å². The molecule has 35 heavy (non-hydrogen) atoms. The number of hydrogen-bond acceptors (Lipinski definition) is 8. The van der Waals surface area contributed by atoms with E-state index in [9.17, 15) is 13.2 Å². The van der Waals surface area contributed by atoms with Gasteiger partial charge < -0.3 is 14.8 Å². The van der Waals surface area contributed by atoms with Crippen molar-refractivity contribution in [2.24, 2.45) is 0 Å². The maximum absolute atomic E-state index is 13.1. The quantitative estimate of drug-likeness (QED) is 0.419. The molecule has 0 unspecified atom stereocenters. The van der Waals surface area contributed by atoms with Crippen LogP contribution in [0.5, 0.6) is 11.5 Å². The number of ether oxygens (including phenoxy) is 2. The molecule has 1 amide bonds. The highest BCUT2D eigenvalue weighted by atomic mass is 32.2. The van der Waals surface area contributed by atoms with E-state index in [0.29, 0.717) is 41.9 Å². The lowest BCUT2D eigenvalue weighted by Gasteiger charge is -2.19. The van der Waals surface area contributed by atoms with Crippen molar-refractivity contribution in [1.29, 1.82) is 0 Å². The molecule has 178 valence electrons. The molecule has 0 saturated carbocycles. The molecule has 0 bridgehead atoms. The smallest absolute Gasteiger partial charge is 0.262 e. The Morgan fingerprint density at radius 2 is 1.77 bits per heavy atom. The largest absolute Gasteiger partial charge is 0.486 e. The molecular weight excluding hydrogens is 472 g/mol. The van der Waals surface area contributed by atoms with Gasteiger partial charge >= 0.3 is 0 Å². The van der Waals surface area contributed by atoms with E-state index in [1.165, 1.54) is 28.9 Å². The summed E-state index contributed by atoms with van der Waals surface area (Å²) in [4.78, 5) is 13.1. The standard InChI is InChI=1S/C23H20N6O5S/c1-15-25-27-28-29(15)17-6-4-5-16(13-17)24-23(30)19-7-2-3-8-20(19)26-35(31,32)18-9-10-21-22(14-18)34-12-11-33-21/h2-10,13-14,26H,11-12H2,1H3,(H,24,30). The highest BCUT2D eigenvalue weighted by Gasteiger charge is 2.22. The zero-order chi connectivity index (χ0) is 24.4. The van der Waals surface area contributed by atoms with Gasteiger partial charge in [-0.2, -0.15) is 4.68 Å². The zero-order valence-electron chi connectivity index (χ0n) is 18.5. The van der Waals surface area contributed by atoms with Crippen molar-refractivity contribution in [2.75, 3.05) is 23.3 Å². The number of aryl methyl sites for hydroxylation is 1. The number of para-hydroxylation sites is 1. The van der Waals surface area contributed by atoms with Crippen LogP contribution >= 0.6 is 0 Å². The second-order valence-corrected chi connectivity index (χ2v) is 9.28. The fraction of sp³-hybridized carbons (Fsp3) is 0.130. The highest BCUT2D eigenvalue weighted by molar-refractivity contribution is 7.92. The van der Waals surface area contributed by atoms with Crippen molar-refractivity contribution < 1.29 is 22.7 Å². The molecule has 1 aliphatic heterocycles. The number of tetrazole rings is 1.